The molecule has 20 heavy (non-hydrogen) atoms. The molecule has 0 aliphatic rings. The van der Waals surface area contributed by atoms with E-state index in [1.165, 1.54) is 0 Å². The van der Waals surface area contributed by atoms with E-state index in [1.54, 1.807) is 32.2 Å². The van der Waals surface area contributed by atoms with Crippen molar-refractivity contribution in [1.29, 1.82) is 0 Å². The van der Waals surface area contributed by atoms with Gasteiger partial charge in [0.25, 0.3) is 0 Å². The van der Waals surface area contributed by atoms with Crippen molar-refractivity contribution in [2.75, 3.05) is 6.61 Å². The molecule has 0 saturated carbocycles. The zero-order valence-corrected chi connectivity index (χ0v) is 11.8. The van der Waals surface area contributed by atoms with Crippen LogP contribution in [0.25, 0.3) is 0 Å². The zero-order valence-electron chi connectivity index (χ0n) is 11.8. The number of nitrogens with one attached hydrogen (secondary N) is 1. The maximum atomic E-state index is 12.4. The lowest BCUT2D eigenvalue weighted by molar-refractivity contribution is 0.0519. The van der Waals surface area contributed by atoms with E-state index in [9.17, 15) is 9.59 Å². The molecule has 0 fully saturated rings. The first-order valence-corrected chi connectivity index (χ1v) is 6.51. The van der Waals surface area contributed by atoms with Crippen molar-refractivity contribution in [1.82, 2.24) is 4.98 Å². The number of aromatic amines is 1. The van der Waals surface area contributed by atoms with Gasteiger partial charge in [-0.25, -0.2) is 4.79 Å². The summed E-state index contributed by atoms with van der Waals surface area (Å²) in [5.41, 5.74) is 3.15. The number of rotatable bonds is 4. The summed E-state index contributed by atoms with van der Waals surface area (Å²) in [4.78, 5) is 26.9. The molecule has 0 saturated heterocycles. The Labute approximate surface area is 117 Å². The third-order valence-electron chi connectivity index (χ3n) is 3.18. The van der Waals surface area contributed by atoms with E-state index < -0.39 is 5.97 Å². The molecule has 0 aliphatic carbocycles. The summed E-state index contributed by atoms with van der Waals surface area (Å²) in [5, 5.41) is 0. The predicted octanol–water partition coefficient (Wildman–Crippen LogP) is 3.04. The number of H-pyrrole nitrogens is 1. The Balaban J connectivity index is 2.32. The first-order valence-electron chi connectivity index (χ1n) is 6.51. The second-order valence-electron chi connectivity index (χ2n) is 4.62. The van der Waals surface area contributed by atoms with Gasteiger partial charge in [-0.1, -0.05) is 29.8 Å². The molecule has 1 N–H and O–H groups in total. The van der Waals surface area contributed by atoms with Gasteiger partial charge >= 0.3 is 5.97 Å². The molecule has 2 aromatic rings. The molecule has 0 bridgehead atoms. The summed E-state index contributed by atoms with van der Waals surface area (Å²) in [6, 6.07) is 7.35. The lowest BCUT2D eigenvalue weighted by Crippen LogP contribution is -2.08. The monoisotopic (exact) mass is 271 g/mol. The van der Waals surface area contributed by atoms with E-state index in [-0.39, 0.29) is 5.78 Å². The summed E-state index contributed by atoms with van der Waals surface area (Å²) < 4.78 is 4.94. The SMILES string of the molecule is CCOC(=O)c1[nH]cc(C(=O)c2ccc(C)cc2)c1C. The Bertz CT molecular complexity index is 638. The molecule has 0 atom stereocenters. The molecule has 1 aromatic carbocycles. The van der Waals surface area contributed by atoms with Crippen LogP contribution in [-0.4, -0.2) is 23.3 Å². The Morgan fingerprint density at radius 3 is 2.40 bits per heavy atom. The molecular weight excluding hydrogens is 254 g/mol. The summed E-state index contributed by atoms with van der Waals surface area (Å²) in [6.45, 7) is 5.76. The van der Waals surface area contributed by atoms with Crippen LogP contribution >= 0.6 is 0 Å². The van der Waals surface area contributed by atoms with Gasteiger partial charge in [-0.05, 0) is 26.3 Å². The van der Waals surface area contributed by atoms with Crippen LogP contribution in [0.15, 0.2) is 30.5 Å². The molecule has 104 valence electrons. The minimum atomic E-state index is -0.437. The molecule has 4 nitrogen and oxygen atoms in total. The highest BCUT2D eigenvalue weighted by Gasteiger charge is 2.20. The van der Waals surface area contributed by atoms with Gasteiger partial charge in [-0.3, -0.25) is 4.79 Å². The average Bonchev–Trinajstić information content (AvgIpc) is 2.81. The molecule has 0 unspecified atom stereocenters. The molecule has 4 heteroatoms. The number of aromatic nitrogens is 1. The van der Waals surface area contributed by atoms with Crippen LogP contribution in [0.4, 0.5) is 0 Å². The third kappa shape index (κ3) is 2.64. The number of hydrogen-bond acceptors (Lipinski definition) is 3. The molecule has 1 aromatic heterocycles. The third-order valence-corrected chi connectivity index (χ3v) is 3.18. The van der Waals surface area contributed by atoms with Crippen LogP contribution in [0.1, 0.15) is 44.5 Å². The Morgan fingerprint density at radius 1 is 1.15 bits per heavy atom. The van der Waals surface area contributed by atoms with Crippen molar-refractivity contribution >= 4 is 11.8 Å². The van der Waals surface area contributed by atoms with Crippen molar-refractivity contribution in [2.45, 2.75) is 20.8 Å². The Kier molecular flexibility index (Phi) is 4.03. The standard InChI is InChI=1S/C16H17NO3/c1-4-20-16(19)14-11(3)13(9-17-14)15(18)12-7-5-10(2)6-8-12/h5-9,17H,4H2,1-3H3. The van der Waals surface area contributed by atoms with E-state index in [1.807, 2.05) is 19.1 Å². The highest BCUT2D eigenvalue weighted by molar-refractivity contribution is 6.11. The highest BCUT2D eigenvalue weighted by Crippen LogP contribution is 2.18. The molecule has 0 aliphatic heterocycles. The lowest BCUT2D eigenvalue weighted by atomic mass is 10.0. The number of ether oxygens (including phenoxy) is 1. The normalized spacial score (nSPS) is 10.3. The average molecular weight is 271 g/mol. The number of benzene rings is 1. The summed E-state index contributed by atoms with van der Waals surface area (Å²) in [5.74, 6) is -0.540. The number of ketones is 1. The molecule has 0 radical (unpaired) electrons. The van der Waals surface area contributed by atoms with Crippen molar-refractivity contribution in [2.24, 2.45) is 0 Å². The number of aryl methyl sites for hydroxylation is 1. The highest BCUT2D eigenvalue weighted by atomic mass is 16.5. The summed E-state index contributed by atoms with van der Waals surface area (Å²) in [6.07, 6.45) is 1.56. The summed E-state index contributed by atoms with van der Waals surface area (Å²) in [7, 11) is 0. The molecular formula is C16H17NO3. The van der Waals surface area contributed by atoms with Crippen molar-refractivity contribution in [3.05, 3.63) is 58.4 Å². The van der Waals surface area contributed by atoms with Crippen LogP contribution in [0, 0.1) is 13.8 Å². The Hall–Kier alpha value is -2.36. The first-order chi connectivity index (χ1) is 9.54. The van der Waals surface area contributed by atoms with Crippen LogP contribution in [-0.2, 0) is 4.74 Å². The second kappa shape index (κ2) is 5.74. The fraction of sp³-hybridized carbons (Fsp3) is 0.250. The Morgan fingerprint density at radius 2 is 1.80 bits per heavy atom. The molecule has 0 spiro atoms. The number of carbonyl (C=O) groups is 2. The van der Waals surface area contributed by atoms with Gasteiger partial charge in [0, 0.05) is 17.3 Å². The van der Waals surface area contributed by atoms with E-state index in [2.05, 4.69) is 4.98 Å². The smallest absolute Gasteiger partial charge is 0.355 e. The van der Waals surface area contributed by atoms with Crippen LogP contribution in [0.3, 0.4) is 0 Å². The van der Waals surface area contributed by atoms with E-state index in [0.717, 1.165) is 5.56 Å². The van der Waals surface area contributed by atoms with Gasteiger partial charge < -0.3 is 9.72 Å². The van der Waals surface area contributed by atoms with Gasteiger partial charge in [-0.2, -0.15) is 0 Å². The summed E-state index contributed by atoms with van der Waals surface area (Å²) >= 11 is 0. The van der Waals surface area contributed by atoms with Crippen molar-refractivity contribution in [3.63, 3.8) is 0 Å². The maximum Gasteiger partial charge on any atom is 0.355 e. The number of carbonyl (C=O) groups excluding carboxylic acids is 2. The topological polar surface area (TPSA) is 59.2 Å². The molecule has 2 rings (SSSR count). The predicted molar refractivity (Wildman–Crippen MR) is 76.1 cm³/mol. The molecule has 0 amide bonds. The number of hydrogen-bond donors (Lipinski definition) is 1. The zero-order chi connectivity index (χ0) is 14.7. The van der Waals surface area contributed by atoms with E-state index in [4.69, 9.17) is 4.74 Å². The van der Waals surface area contributed by atoms with Crippen LogP contribution < -0.4 is 0 Å². The second-order valence-corrected chi connectivity index (χ2v) is 4.62. The minimum absolute atomic E-state index is 0.103. The maximum absolute atomic E-state index is 12.4. The van der Waals surface area contributed by atoms with Gasteiger partial charge in [0.1, 0.15) is 5.69 Å². The van der Waals surface area contributed by atoms with Crippen molar-refractivity contribution < 1.29 is 14.3 Å². The van der Waals surface area contributed by atoms with Crippen molar-refractivity contribution in [3.8, 4) is 0 Å². The largest absolute Gasteiger partial charge is 0.461 e. The molecule has 1 heterocycles. The van der Waals surface area contributed by atoms with Crippen LogP contribution in [0.2, 0.25) is 0 Å². The lowest BCUT2D eigenvalue weighted by Gasteiger charge is -2.03. The van der Waals surface area contributed by atoms with E-state index >= 15 is 0 Å². The number of esters is 1. The van der Waals surface area contributed by atoms with Gasteiger partial charge in [-0.15, -0.1) is 0 Å². The fourth-order valence-electron chi connectivity index (χ4n) is 2.01. The first kappa shape index (κ1) is 14.1. The minimum Gasteiger partial charge on any atom is -0.461 e. The van der Waals surface area contributed by atoms with Gasteiger partial charge in [0.15, 0.2) is 5.78 Å². The fourth-order valence-corrected chi connectivity index (χ4v) is 2.01. The quantitative estimate of drug-likeness (QED) is 0.687. The van der Waals surface area contributed by atoms with Gasteiger partial charge in [0.2, 0.25) is 0 Å². The van der Waals surface area contributed by atoms with E-state index in [0.29, 0.717) is 29.0 Å². The van der Waals surface area contributed by atoms with Crippen LogP contribution in [0.5, 0.6) is 0 Å². The van der Waals surface area contributed by atoms with Gasteiger partial charge in [0.05, 0.1) is 6.61 Å².